The van der Waals surface area contributed by atoms with Crippen LogP contribution < -0.4 is 11.1 Å². The maximum atomic E-state index is 11.9. The van der Waals surface area contributed by atoms with Crippen LogP contribution in [0.5, 0.6) is 0 Å². The van der Waals surface area contributed by atoms with Crippen molar-refractivity contribution in [1.82, 2.24) is 5.32 Å². The number of rotatable bonds is 6. The van der Waals surface area contributed by atoms with E-state index in [4.69, 9.17) is 10.5 Å². The summed E-state index contributed by atoms with van der Waals surface area (Å²) in [4.78, 5) is 11.9. The molecule has 0 saturated carbocycles. The molecule has 4 heteroatoms. The molecule has 1 unspecified atom stereocenters. The zero-order valence-electron chi connectivity index (χ0n) is 11.3. The second-order valence-corrected chi connectivity index (χ2v) is 5.85. The van der Waals surface area contributed by atoms with Gasteiger partial charge in [0.2, 0.25) is 5.91 Å². The van der Waals surface area contributed by atoms with Crippen LogP contribution in [0.2, 0.25) is 0 Å². The molecule has 3 N–H and O–H groups in total. The van der Waals surface area contributed by atoms with Crippen LogP contribution in [0, 0.1) is 11.8 Å². The molecule has 1 aliphatic heterocycles. The SMILES string of the molecule is CC(C)C[C@H](CN)CC(=O)NC1(C)CCOC1. The lowest BCUT2D eigenvalue weighted by atomic mass is 9.93. The highest BCUT2D eigenvalue weighted by Gasteiger charge is 2.31. The van der Waals surface area contributed by atoms with Gasteiger partial charge in [-0.3, -0.25) is 4.79 Å². The Balaban J connectivity index is 2.36. The van der Waals surface area contributed by atoms with Crippen molar-refractivity contribution in [2.24, 2.45) is 17.6 Å². The molecule has 0 aliphatic carbocycles. The van der Waals surface area contributed by atoms with Crippen LogP contribution in [0.25, 0.3) is 0 Å². The van der Waals surface area contributed by atoms with Crippen LogP contribution >= 0.6 is 0 Å². The summed E-state index contributed by atoms with van der Waals surface area (Å²) in [6.07, 6.45) is 2.44. The Morgan fingerprint density at radius 2 is 2.24 bits per heavy atom. The van der Waals surface area contributed by atoms with E-state index in [2.05, 4.69) is 19.2 Å². The zero-order chi connectivity index (χ0) is 12.9. The lowest BCUT2D eigenvalue weighted by molar-refractivity contribution is -0.123. The standard InChI is InChI=1S/C13H26N2O2/c1-10(2)6-11(8-14)7-12(16)15-13(3)4-5-17-9-13/h10-11H,4-9,14H2,1-3H3,(H,15,16)/t11-,13?/m0/s1. The van der Waals surface area contributed by atoms with Crippen molar-refractivity contribution in [3.63, 3.8) is 0 Å². The fourth-order valence-corrected chi connectivity index (χ4v) is 2.34. The van der Waals surface area contributed by atoms with E-state index in [0.29, 0.717) is 31.4 Å². The van der Waals surface area contributed by atoms with Crippen molar-refractivity contribution in [3.05, 3.63) is 0 Å². The van der Waals surface area contributed by atoms with Gasteiger partial charge in [0.05, 0.1) is 12.1 Å². The fourth-order valence-electron chi connectivity index (χ4n) is 2.34. The molecule has 0 radical (unpaired) electrons. The molecule has 0 spiro atoms. The summed E-state index contributed by atoms with van der Waals surface area (Å²) in [6, 6.07) is 0. The number of ether oxygens (including phenoxy) is 1. The van der Waals surface area contributed by atoms with Crippen molar-refractivity contribution in [2.45, 2.75) is 45.6 Å². The molecule has 1 fully saturated rings. The Bertz CT molecular complexity index is 248. The van der Waals surface area contributed by atoms with Gasteiger partial charge in [-0.2, -0.15) is 0 Å². The highest BCUT2D eigenvalue weighted by atomic mass is 16.5. The minimum absolute atomic E-state index is 0.106. The lowest BCUT2D eigenvalue weighted by Gasteiger charge is -2.25. The van der Waals surface area contributed by atoms with Gasteiger partial charge < -0.3 is 15.8 Å². The average Bonchev–Trinajstić information content (AvgIpc) is 2.62. The van der Waals surface area contributed by atoms with E-state index < -0.39 is 0 Å². The summed E-state index contributed by atoms with van der Waals surface area (Å²) in [5.41, 5.74) is 5.53. The molecule has 1 aliphatic rings. The molecule has 17 heavy (non-hydrogen) atoms. The number of amides is 1. The number of nitrogens with two attached hydrogens (primary N) is 1. The normalized spacial score (nSPS) is 26.2. The third-order valence-corrected chi connectivity index (χ3v) is 3.27. The fraction of sp³-hybridized carbons (Fsp3) is 0.923. The predicted octanol–water partition coefficient (Wildman–Crippen LogP) is 1.29. The molecule has 2 atom stereocenters. The first-order valence-corrected chi connectivity index (χ1v) is 6.54. The number of nitrogens with one attached hydrogen (secondary N) is 1. The van der Waals surface area contributed by atoms with Gasteiger partial charge in [0, 0.05) is 13.0 Å². The third kappa shape index (κ3) is 5.04. The molecule has 0 aromatic carbocycles. The molecule has 100 valence electrons. The molecule has 0 bridgehead atoms. The maximum absolute atomic E-state index is 11.9. The van der Waals surface area contributed by atoms with Gasteiger partial charge >= 0.3 is 0 Å². The van der Waals surface area contributed by atoms with E-state index in [1.165, 1.54) is 0 Å². The number of carbonyl (C=O) groups is 1. The molecular weight excluding hydrogens is 216 g/mol. The van der Waals surface area contributed by atoms with Crippen LogP contribution in [0.3, 0.4) is 0 Å². The molecule has 4 nitrogen and oxygen atoms in total. The Labute approximate surface area is 104 Å². The second-order valence-electron chi connectivity index (χ2n) is 5.85. The Kier molecular flexibility index (Phi) is 5.40. The summed E-state index contributed by atoms with van der Waals surface area (Å²) < 4.78 is 5.32. The summed E-state index contributed by atoms with van der Waals surface area (Å²) in [5, 5.41) is 3.07. The third-order valence-electron chi connectivity index (χ3n) is 3.27. The van der Waals surface area contributed by atoms with Crippen LogP contribution in [0.4, 0.5) is 0 Å². The molecule has 1 amide bonds. The lowest BCUT2D eigenvalue weighted by Crippen LogP contribution is -2.47. The summed E-state index contributed by atoms with van der Waals surface area (Å²) in [6.45, 7) is 8.30. The Morgan fingerprint density at radius 1 is 1.53 bits per heavy atom. The minimum Gasteiger partial charge on any atom is -0.379 e. The zero-order valence-corrected chi connectivity index (χ0v) is 11.3. The van der Waals surface area contributed by atoms with Gasteiger partial charge in [0.1, 0.15) is 0 Å². The van der Waals surface area contributed by atoms with Crippen LogP contribution in [-0.2, 0) is 9.53 Å². The smallest absolute Gasteiger partial charge is 0.220 e. The number of hydrogen-bond donors (Lipinski definition) is 2. The van der Waals surface area contributed by atoms with Crippen molar-refractivity contribution in [3.8, 4) is 0 Å². The van der Waals surface area contributed by atoms with Crippen molar-refractivity contribution in [1.29, 1.82) is 0 Å². The van der Waals surface area contributed by atoms with Crippen molar-refractivity contribution in [2.75, 3.05) is 19.8 Å². The molecule has 1 saturated heterocycles. The monoisotopic (exact) mass is 242 g/mol. The minimum atomic E-state index is -0.173. The predicted molar refractivity (Wildman–Crippen MR) is 68.6 cm³/mol. The van der Waals surface area contributed by atoms with Crippen molar-refractivity contribution < 1.29 is 9.53 Å². The molecule has 0 aromatic heterocycles. The van der Waals surface area contributed by atoms with E-state index in [-0.39, 0.29) is 11.4 Å². The van der Waals surface area contributed by atoms with Crippen LogP contribution in [0.1, 0.15) is 40.0 Å². The first kappa shape index (κ1) is 14.5. The molecule has 0 aromatic rings. The summed E-state index contributed by atoms with van der Waals surface area (Å²) >= 11 is 0. The van der Waals surface area contributed by atoms with E-state index in [0.717, 1.165) is 19.4 Å². The average molecular weight is 242 g/mol. The molecule has 1 heterocycles. The molecule has 1 rings (SSSR count). The van der Waals surface area contributed by atoms with Gasteiger partial charge in [-0.05, 0) is 38.1 Å². The maximum Gasteiger partial charge on any atom is 0.220 e. The van der Waals surface area contributed by atoms with Gasteiger partial charge in [0.15, 0.2) is 0 Å². The topological polar surface area (TPSA) is 64.4 Å². The van der Waals surface area contributed by atoms with Gasteiger partial charge in [0.25, 0.3) is 0 Å². The van der Waals surface area contributed by atoms with E-state index in [1.807, 2.05) is 6.92 Å². The summed E-state index contributed by atoms with van der Waals surface area (Å²) in [5.74, 6) is 0.983. The Hall–Kier alpha value is -0.610. The second kappa shape index (κ2) is 6.36. The first-order chi connectivity index (χ1) is 7.95. The van der Waals surface area contributed by atoms with Crippen LogP contribution in [0.15, 0.2) is 0 Å². The summed E-state index contributed by atoms with van der Waals surface area (Å²) in [7, 11) is 0. The van der Waals surface area contributed by atoms with Crippen molar-refractivity contribution >= 4 is 5.91 Å². The van der Waals surface area contributed by atoms with Gasteiger partial charge in [-0.25, -0.2) is 0 Å². The van der Waals surface area contributed by atoms with E-state index in [9.17, 15) is 4.79 Å². The highest BCUT2D eigenvalue weighted by molar-refractivity contribution is 5.77. The van der Waals surface area contributed by atoms with Gasteiger partial charge in [-0.1, -0.05) is 13.8 Å². The quantitative estimate of drug-likeness (QED) is 0.737. The number of carbonyl (C=O) groups excluding carboxylic acids is 1. The number of hydrogen-bond acceptors (Lipinski definition) is 3. The van der Waals surface area contributed by atoms with E-state index >= 15 is 0 Å². The first-order valence-electron chi connectivity index (χ1n) is 6.54. The highest BCUT2D eigenvalue weighted by Crippen LogP contribution is 2.19. The Morgan fingerprint density at radius 3 is 2.71 bits per heavy atom. The van der Waals surface area contributed by atoms with E-state index in [1.54, 1.807) is 0 Å². The van der Waals surface area contributed by atoms with Gasteiger partial charge in [-0.15, -0.1) is 0 Å². The molecular formula is C13H26N2O2. The van der Waals surface area contributed by atoms with Crippen LogP contribution in [-0.4, -0.2) is 31.2 Å². The largest absolute Gasteiger partial charge is 0.379 e.